The molecule has 2 aromatic carbocycles. The molecule has 5 nitrogen and oxygen atoms in total. The first kappa shape index (κ1) is 20.0. The number of Topliss-reactive ketones (excluding diaryl/α,β-unsaturated/α-hetero) is 1. The van der Waals surface area contributed by atoms with E-state index in [-0.39, 0.29) is 22.5 Å². The van der Waals surface area contributed by atoms with Crippen molar-refractivity contribution in [2.75, 3.05) is 0 Å². The van der Waals surface area contributed by atoms with E-state index in [4.69, 9.17) is 8.92 Å². The van der Waals surface area contributed by atoms with Crippen LogP contribution in [0.1, 0.15) is 38.3 Å². The highest BCUT2D eigenvalue weighted by atomic mass is 32.2. The predicted octanol–water partition coefficient (Wildman–Crippen LogP) is 4.07. The Kier molecular flexibility index (Phi) is 6.42. The Morgan fingerprint density at radius 1 is 1.08 bits per heavy atom. The van der Waals surface area contributed by atoms with Crippen molar-refractivity contribution in [1.29, 1.82) is 0 Å². The molecule has 0 heterocycles. The van der Waals surface area contributed by atoms with Gasteiger partial charge in [0.1, 0.15) is 22.2 Å². The molecular weight excluding hydrogens is 352 g/mol. The van der Waals surface area contributed by atoms with Gasteiger partial charge in [-0.2, -0.15) is 8.42 Å². The van der Waals surface area contributed by atoms with Gasteiger partial charge in [-0.1, -0.05) is 12.1 Å². The Bertz CT molecular complexity index is 868. The van der Waals surface area contributed by atoms with E-state index >= 15 is 0 Å². The lowest BCUT2D eigenvalue weighted by Crippen LogP contribution is -2.11. The van der Waals surface area contributed by atoms with Gasteiger partial charge < -0.3 is 13.7 Å². The summed E-state index contributed by atoms with van der Waals surface area (Å²) in [5.41, 5.74) is 1.68. The summed E-state index contributed by atoms with van der Waals surface area (Å²) in [6.45, 7) is 7.16. The molecule has 2 rings (SSSR count). The Labute approximate surface area is 155 Å². The van der Waals surface area contributed by atoms with Gasteiger partial charge in [-0.3, -0.25) is 0 Å². The zero-order valence-electron chi connectivity index (χ0n) is 15.5. The van der Waals surface area contributed by atoms with Crippen molar-refractivity contribution in [2.45, 2.75) is 51.5 Å². The smallest absolute Gasteiger partial charge is 0.339 e. The van der Waals surface area contributed by atoms with Crippen LogP contribution in [-0.2, 0) is 21.3 Å². The lowest BCUT2D eigenvalue weighted by atomic mass is 10.1. The summed E-state index contributed by atoms with van der Waals surface area (Å²) in [7, 11) is -3.93. The van der Waals surface area contributed by atoms with Crippen LogP contribution in [0.5, 0.6) is 11.5 Å². The highest BCUT2D eigenvalue weighted by Crippen LogP contribution is 2.25. The van der Waals surface area contributed by atoms with E-state index < -0.39 is 10.1 Å². The van der Waals surface area contributed by atoms with Crippen LogP contribution in [0.4, 0.5) is 0 Å². The van der Waals surface area contributed by atoms with Gasteiger partial charge in [0.15, 0.2) is 0 Å². The summed E-state index contributed by atoms with van der Waals surface area (Å²) in [6, 6.07) is 11.4. The fraction of sp³-hybridized carbons (Fsp3) is 0.350. The monoisotopic (exact) mass is 376 g/mol. The number of hydrogen-bond acceptors (Lipinski definition) is 5. The average Bonchev–Trinajstić information content (AvgIpc) is 2.55. The molecule has 0 aromatic heterocycles. The van der Waals surface area contributed by atoms with Gasteiger partial charge in [-0.25, -0.2) is 0 Å². The number of aryl methyl sites for hydroxylation is 2. The molecule has 0 fully saturated rings. The van der Waals surface area contributed by atoms with Gasteiger partial charge in [0, 0.05) is 6.42 Å². The molecule has 0 N–H and O–H groups in total. The molecule has 0 radical (unpaired) electrons. The number of rotatable bonds is 8. The maximum Gasteiger partial charge on any atom is 0.339 e. The van der Waals surface area contributed by atoms with Crippen molar-refractivity contribution < 1.29 is 22.1 Å². The first-order chi connectivity index (χ1) is 12.2. The minimum Gasteiger partial charge on any atom is -0.491 e. The Morgan fingerprint density at radius 3 is 2.27 bits per heavy atom. The van der Waals surface area contributed by atoms with Crippen molar-refractivity contribution in [1.82, 2.24) is 0 Å². The van der Waals surface area contributed by atoms with E-state index in [1.54, 1.807) is 44.2 Å². The molecule has 0 atom stereocenters. The predicted molar refractivity (Wildman–Crippen MR) is 100 cm³/mol. The summed E-state index contributed by atoms with van der Waals surface area (Å²) in [5, 5.41) is 0. The highest BCUT2D eigenvalue weighted by molar-refractivity contribution is 7.87. The second-order valence-electron chi connectivity index (χ2n) is 6.48. The SMILES string of the molecule is CC(=O)CCc1ccc(OS(=O)(=O)c2ccc(OC(C)C)c(C)c2)cc1. The van der Waals surface area contributed by atoms with Crippen molar-refractivity contribution in [3.8, 4) is 11.5 Å². The Balaban J connectivity index is 2.13. The minimum absolute atomic E-state index is 0.00826. The number of ketones is 1. The fourth-order valence-electron chi connectivity index (χ4n) is 2.37. The first-order valence-electron chi connectivity index (χ1n) is 8.47. The molecule has 0 unspecified atom stereocenters. The van der Waals surface area contributed by atoms with Crippen molar-refractivity contribution >= 4 is 15.9 Å². The van der Waals surface area contributed by atoms with E-state index in [0.717, 1.165) is 11.1 Å². The van der Waals surface area contributed by atoms with E-state index in [9.17, 15) is 13.2 Å². The highest BCUT2D eigenvalue weighted by Gasteiger charge is 2.18. The lowest BCUT2D eigenvalue weighted by molar-refractivity contribution is -0.116. The second kappa shape index (κ2) is 8.36. The molecule has 140 valence electrons. The molecule has 0 aliphatic rings. The lowest BCUT2D eigenvalue weighted by Gasteiger charge is -2.14. The normalized spacial score (nSPS) is 11.4. The maximum atomic E-state index is 12.5. The van der Waals surface area contributed by atoms with Crippen molar-refractivity contribution in [2.24, 2.45) is 0 Å². The van der Waals surface area contributed by atoms with Crippen LogP contribution in [0.3, 0.4) is 0 Å². The summed E-state index contributed by atoms with van der Waals surface area (Å²) in [4.78, 5) is 11.1. The first-order valence-corrected chi connectivity index (χ1v) is 9.88. The maximum absolute atomic E-state index is 12.5. The second-order valence-corrected chi connectivity index (χ2v) is 8.02. The molecule has 0 saturated heterocycles. The Morgan fingerprint density at radius 2 is 1.73 bits per heavy atom. The number of carbonyl (C=O) groups excluding carboxylic acids is 1. The molecule has 0 saturated carbocycles. The van der Waals surface area contributed by atoms with Crippen molar-refractivity contribution in [3.63, 3.8) is 0 Å². The zero-order valence-corrected chi connectivity index (χ0v) is 16.3. The number of benzene rings is 2. The van der Waals surface area contributed by atoms with Crippen LogP contribution < -0.4 is 8.92 Å². The van der Waals surface area contributed by atoms with Crippen LogP contribution in [0.2, 0.25) is 0 Å². The van der Waals surface area contributed by atoms with Gasteiger partial charge in [0.2, 0.25) is 0 Å². The number of carbonyl (C=O) groups is 1. The molecule has 2 aromatic rings. The molecular formula is C20H24O5S. The molecule has 0 spiro atoms. The summed E-state index contributed by atoms with van der Waals surface area (Å²) >= 11 is 0. The van der Waals surface area contributed by atoms with E-state index in [1.807, 2.05) is 13.8 Å². The standard InChI is InChI=1S/C20H24O5S/c1-14(2)24-20-12-11-19(13-15(20)3)26(22,23)25-18-9-7-17(8-10-18)6-5-16(4)21/h7-14H,5-6H2,1-4H3. The summed E-state index contributed by atoms with van der Waals surface area (Å²) in [6.07, 6.45) is 1.09. The molecule has 0 bridgehead atoms. The zero-order chi connectivity index (χ0) is 19.3. The molecule has 0 aliphatic carbocycles. The van der Waals surface area contributed by atoms with Crippen LogP contribution >= 0.6 is 0 Å². The molecule has 6 heteroatoms. The largest absolute Gasteiger partial charge is 0.491 e. The van der Waals surface area contributed by atoms with Crippen LogP contribution in [-0.4, -0.2) is 20.3 Å². The van der Waals surface area contributed by atoms with Gasteiger partial charge in [0.05, 0.1) is 6.10 Å². The van der Waals surface area contributed by atoms with Gasteiger partial charge in [-0.15, -0.1) is 0 Å². The summed E-state index contributed by atoms with van der Waals surface area (Å²) < 4.78 is 35.8. The third kappa shape index (κ3) is 5.59. The molecule has 0 amide bonds. The van der Waals surface area contributed by atoms with Crippen LogP contribution in [0.25, 0.3) is 0 Å². The molecule has 26 heavy (non-hydrogen) atoms. The van der Waals surface area contributed by atoms with Gasteiger partial charge >= 0.3 is 10.1 Å². The Hall–Kier alpha value is -2.34. The van der Waals surface area contributed by atoms with Gasteiger partial charge in [-0.05, 0) is 75.6 Å². The number of ether oxygens (including phenoxy) is 1. The van der Waals surface area contributed by atoms with Gasteiger partial charge in [0.25, 0.3) is 0 Å². The third-order valence-electron chi connectivity index (χ3n) is 3.69. The summed E-state index contributed by atoms with van der Waals surface area (Å²) in [5.74, 6) is 0.999. The average molecular weight is 376 g/mol. The van der Waals surface area contributed by atoms with Crippen LogP contribution in [0.15, 0.2) is 47.4 Å². The van der Waals surface area contributed by atoms with E-state index in [2.05, 4.69) is 0 Å². The van der Waals surface area contributed by atoms with Crippen LogP contribution in [0, 0.1) is 6.92 Å². The quantitative estimate of drug-likeness (QED) is 0.650. The van der Waals surface area contributed by atoms with Crippen molar-refractivity contribution in [3.05, 3.63) is 53.6 Å². The topological polar surface area (TPSA) is 69.7 Å². The van der Waals surface area contributed by atoms with E-state index in [1.165, 1.54) is 12.1 Å². The number of hydrogen-bond donors (Lipinski definition) is 0. The molecule has 0 aliphatic heterocycles. The third-order valence-corrected chi connectivity index (χ3v) is 4.94. The minimum atomic E-state index is -3.93. The van der Waals surface area contributed by atoms with E-state index in [0.29, 0.717) is 18.6 Å². The fourth-order valence-corrected chi connectivity index (χ4v) is 3.39.